The van der Waals surface area contributed by atoms with Crippen LogP contribution in [0.2, 0.25) is 0 Å². The number of hydrogen-bond acceptors (Lipinski definition) is 3. The van der Waals surface area contributed by atoms with Crippen molar-refractivity contribution in [2.24, 2.45) is 0 Å². The normalized spacial score (nSPS) is 11.3. The largest absolute Gasteiger partial charge is 0.346 e. The first-order valence-corrected chi connectivity index (χ1v) is 9.38. The molecule has 0 bridgehead atoms. The zero-order chi connectivity index (χ0) is 20.3. The zero-order valence-electron chi connectivity index (χ0n) is 17.5. The number of hydrogen-bond donors (Lipinski definition) is 1. The molecule has 0 saturated carbocycles. The molecule has 5 heteroatoms. The molecule has 1 aromatic carbocycles. The fourth-order valence-electron chi connectivity index (χ4n) is 3.56. The van der Waals surface area contributed by atoms with E-state index in [2.05, 4.69) is 23.7 Å². The quantitative estimate of drug-likeness (QED) is 0.749. The van der Waals surface area contributed by atoms with Crippen LogP contribution in [-0.4, -0.2) is 41.3 Å². The number of aryl methyl sites for hydroxylation is 2. The van der Waals surface area contributed by atoms with Crippen LogP contribution < -0.4 is 5.32 Å². The van der Waals surface area contributed by atoms with Crippen LogP contribution in [0.15, 0.2) is 24.3 Å². The van der Waals surface area contributed by atoms with E-state index < -0.39 is 0 Å². The monoisotopic (exact) mass is 369 g/mol. The highest BCUT2D eigenvalue weighted by atomic mass is 16.2. The van der Waals surface area contributed by atoms with Gasteiger partial charge in [0.1, 0.15) is 0 Å². The van der Waals surface area contributed by atoms with E-state index in [1.54, 1.807) is 11.9 Å². The van der Waals surface area contributed by atoms with Gasteiger partial charge < -0.3 is 9.88 Å². The van der Waals surface area contributed by atoms with Crippen LogP contribution in [0.1, 0.15) is 52.8 Å². The summed E-state index contributed by atoms with van der Waals surface area (Å²) in [7, 11) is 1.79. The van der Waals surface area contributed by atoms with E-state index in [1.807, 2.05) is 52.0 Å². The van der Waals surface area contributed by atoms with Crippen LogP contribution in [-0.2, 0) is 4.79 Å². The molecule has 0 unspecified atom stereocenters. The molecule has 2 rings (SSSR count). The van der Waals surface area contributed by atoms with Crippen molar-refractivity contribution in [1.29, 1.82) is 0 Å². The number of Topliss-reactive ketones (excluding diaryl/α,β-unsaturated/α-hetero) is 1. The SMILES string of the molecule is Cc1cccc(NC(=O)CN(C)CC(=O)c2cc(C)n(C(C)C)c2C)c1C. The summed E-state index contributed by atoms with van der Waals surface area (Å²) in [5, 5.41) is 2.94. The van der Waals surface area contributed by atoms with Crippen molar-refractivity contribution in [2.45, 2.75) is 47.6 Å². The van der Waals surface area contributed by atoms with E-state index in [0.717, 1.165) is 33.8 Å². The Balaban J connectivity index is 2.00. The highest BCUT2D eigenvalue weighted by Crippen LogP contribution is 2.21. The van der Waals surface area contributed by atoms with E-state index in [4.69, 9.17) is 0 Å². The summed E-state index contributed by atoms with van der Waals surface area (Å²) in [4.78, 5) is 26.8. The van der Waals surface area contributed by atoms with Gasteiger partial charge in [-0.2, -0.15) is 0 Å². The average Bonchev–Trinajstić information content (AvgIpc) is 2.86. The van der Waals surface area contributed by atoms with Gasteiger partial charge in [0.25, 0.3) is 0 Å². The molecule has 0 aliphatic rings. The van der Waals surface area contributed by atoms with Crippen molar-refractivity contribution in [3.05, 3.63) is 52.3 Å². The molecular weight excluding hydrogens is 338 g/mol. The van der Waals surface area contributed by atoms with Crippen LogP contribution in [0.3, 0.4) is 0 Å². The van der Waals surface area contributed by atoms with Gasteiger partial charge in [-0.3, -0.25) is 14.5 Å². The summed E-state index contributed by atoms with van der Waals surface area (Å²) >= 11 is 0. The van der Waals surface area contributed by atoms with Crippen molar-refractivity contribution in [1.82, 2.24) is 9.47 Å². The third kappa shape index (κ3) is 4.86. The second-order valence-corrected chi connectivity index (χ2v) is 7.64. The summed E-state index contributed by atoms with van der Waals surface area (Å²) in [5.74, 6) is -0.0799. The Bertz CT molecular complexity index is 849. The predicted molar refractivity (Wildman–Crippen MR) is 111 cm³/mol. The third-order valence-corrected chi connectivity index (χ3v) is 5.01. The van der Waals surface area contributed by atoms with Gasteiger partial charge in [0, 0.05) is 28.7 Å². The van der Waals surface area contributed by atoms with Crippen LogP contribution in [0.4, 0.5) is 5.69 Å². The highest BCUT2D eigenvalue weighted by molar-refractivity contribution is 5.99. The number of aromatic nitrogens is 1. The lowest BCUT2D eigenvalue weighted by atomic mass is 10.1. The maximum absolute atomic E-state index is 12.7. The topological polar surface area (TPSA) is 54.3 Å². The maximum atomic E-state index is 12.7. The number of likely N-dealkylation sites (N-methyl/N-ethyl adjacent to an activating group) is 1. The molecule has 1 N–H and O–H groups in total. The molecule has 5 nitrogen and oxygen atoms in total. The fourth-order valence-corrected chi connectivity index (χ4v) is 3.56. The number of benzene rings is 1. The van der Waals surface area contributed by atoms with Crippen molar-refractivity contribution < 1.29 is 9.59 Å². The summed E-state index contributed by atoms with van der Waals surface area (Å²) in [6, 6.07) is 8.10. The van der Waals surface area contributed by atoms with Gasteiger partial charge in [0.2, 0.25) is 5.91 Å². The van der Waals surface area contributed by atoms with E-state index >= 15 is 0 Å². The van der Waals surface area contributed by atoms with Crippen LogP contribution in [0.5, 0.6) is 0 Å². The molecule has 1 amide bonds. The first-order valence-electron chi connectivity index (χ1n) is 9.38. The third-order valence-electron chi connectivity index (χ3n) is 5.01. The highest BCUT2D eigenvalue weighted by Gasteiger charge is 2.19. The molecule has 0 aliphatic carbocycles. The maximum Gasteiger partial charge on any atom is 0.238 e. The number of nitrogens with zero attached hydrogens (tertiary/aromatic N) is 2. The number of nitrogens with one attached hydrogen (secondary N) is 1. The fraction of sp³-hybridized carbons (Fsp3) is 0.455. The molecule has 146 valence electrons. The van der Waals surface area contributed by atoms with E-state index in [9.17, 15) is 9.59 Å². The van der Waals surface area contributed by atoms with E-state index in [1.165, 1.54) is 0 Å². The van der Waals surface area contributed by atoms with Gasteiger partial charge in [0.15, 0.2) is 5.78 Å². The Hall–Kier alpha value is -2.40. The van der Waals surface area contributed by atoms with Crippen molar-refractivity contribution in [2.75, 3.05) is 25.5 Å². The number of rotatable bonds is 7. The minimum Gasteiger partial charge on any atom is -0.346 e. The van der Waals surface area contributed by atoms with Gasteiger partial charge in [-0.05, 0) is 71.8 Å². The van der Waals surface area contributed by atoms with Gasteiger partial charge >= 0.3 is 0 Å². The molecular formula is C22H31N3O2. The van der Waals surface area contributed by atoms with Crippen LogP contribution in [0, 0.1) is 27.7 Å². The lowest BCUT2D eigenvalue weighted by Crippen LogP contribution is -2.34. The molecule has 0 fully saturated rings. The average molecular weight is 370 g/mol. The molecule has 0 radical (unpaired) electrons. The molecule has 2 aromatic rings. The van der Waals surface area contributed by atoms with Gasteiger partial charge in [-0.1, -0.05) is 12.1 Å². The van der Waals surface area contributed by atoms with E-state index in [-0.39, 0.29) is 24.8 Å². The minimum absolute atomic E-state index is 0.0389. The molecule has 0 saturated heterocycles. The Morgan fingerprint density at radius 2 is 1.78 bits per heavy atom. The van der Waals surface area contributed by atoms with Crippen molar-refractivity contribution in [3.63, 3.8) is 0 Å². The number of carbonyl (C=O) groups is 2. The summed E-state index contributed by atoms with van der Waals surface area (Å²) in [5.41, 5.74) is 5.83. The van der Waals surface area contributed by atoms with Crippen LogP contribution >= 0.6 is 0 Å². The first-order chi connectivity index (χ1) is 12.6. The second-order valence-electron chi connectivity index (χ2n) is 7.64. The number of amides is 1. The van der Waals surface area contributed by atoms with Gasteiger partial charge in [-0.15, -0.1) is 0 Å². The molecule has 1 aromatic heterocycles. The molecule has 27 heavy (non-hydrogen) atoms. The predicted octanol–water partition coefficient (Wildman–Crippen LogP) is 4.06. The van der Waals surface area contributed by atoms with Gasteiger partial charge in [0.05, 0.1) is 13.1 Å². The van der Waals surface area contributed by atoms with Crippen molar-refractivity contribution >= 4 is 17.4 Å². The smallest absolute Gasteiger partial charge is 0.238 e. The number of ketones is 1. The van der Waals surface area contributed by atoms with Crippen molar-refractivity contribution in [3.8, 4) is 0 Å². The Labute approximate surface area is 162 Å². The van der Waals surface area contributed by atoms with Gasteiger partial charge in [-0.25, -0.2) is 0 Å². The Morgan fingerprint density at radius 3 is 2.37 bits per heavy atom. The number of carbonyl (C=O) groups excluding carboxylic acids is 2. The summed E-state index contributed by atoms with van der Waals surface area (Å²) in [6.45, 7) is 12.6. The number of anilines is 1. The summed E-state index contributed by atoms with van der Waals surface area (Å²) < 4.78 is 2.17. The summed E-state index contributed by atoms with van der Waals surface area (Å²) in [6.07, 6.45) is 0. The first kappa shape index (κ1) is 20.9. The molecule has 0 aliphatic heterocycles. The standard InChI is InChI=1S/C22H31N3O2/c1-14(2)25-16(4)11-19(18(25)6)21(26)12-24(7)13-22(27)23-20-10-8-9-15(3)17(20)5/h8-11,14H,12-13H2,1-7H3,(H,23,27). The second kappa shape index (κ2) is 8.53. The molecule has 0 spiro atoms. The van der Waals surface area contributed by atoms with E-state index in [0.29, 0.717) is 6.04 Å². The molecule has 1 heterocycles. The Kier molecular flexibility index (Phi) is 6.60. The Morgan fingerprint density at radius 1 is 1.11 bits per heavy atom. The lowest BCUT2D eigenvalue weighted by molar-refractivity contribution is -0.116. The molecule has 0 atom stereocenters. The minimum atomic E-state index is -0.119. The lowest BCUT2D eigenvalue weighted by Gasteiger charge is -2.17. The van der Waals surface area contributed by atoms with Crippen LogP contribution in [0.25, 0.3) is 0 Å². The zero-order valence-corrected chi connectivity index (χ0v) is 17.5.